The van der Waals surface area contributed by atoms with Crippen LogP contribution in [0.15, 0.2) is 48.7 Å². The molecule has 0 bridgehead atoms. The van der Waals surface area contributed by atoms with Gasteiger partial charge in [-0.2, -0.15) is 0 Å². The van der Waals surface area contributed by atoms with Crippen LogP contribution in [0.1, 0.15) is 22.5 Å². The van der Waals surface area contributed by atoms with Gasteiger partial charge in [0.05, 0.1) is 12.7 Å². The van der Waals surface area contributed by atoms with Gasteiger partial charge in [-0.1, -0.05) is 23.4 Å². The van der Waals surface area contributed by atoms with Crippen LogP contribution in [0.4, 0.5) is 8.78 Å². The predicted molar refractivity (Wildman–Crippen MR) is 98.8 cm³/mol. The molecule has 7 nitrogen and oxygen atoms in total. The number of carbonyl (C=O) groups is 1. The maximum Gasteiger partial charge on any atom is 0.273 e. The normalized spacial score (nSPS) is 15.2. The molecule has 0 fully saturated rings. The van der Waals surface area contributed by atoms with E-state index in [9.17, 15) is 13.6 Å². The number of hydrogen-bond donors (Lipinski definition) is 1. The van der Waals surface area contributed by atoms with Gasteiger partial charge < -0.3 is 14.8 Å². The zero-order valence-corrected chi connectivity index (χ0v) is 15.3. The first-order valence-corrected chi connectivity index (χ1v) is 9.10. The van der Waals surface area contributed by atoms with Crippen molar-refractivity contribution in [3.05, 3.63) is 71.6 Å². The lowest BCUT2D eigenvalue weighted by Crippen LogP contribution is -2.34. The SMILES string of the molecule is O=C(NCCC1COc2ccccc2O1)c1cn(Cc2c(F)cccc2F)nn1. The highest BCUT2D eigenvalue weighted by molar-refractivity contribution is 5.91. The molecule has 29 heavy (non-hydrogen) atoms. The average Bonchev–Trinajstić information content (AvgIpc) is 3.19. The highest BCUT2D eigenvalue weighted by Crippen LogP contribution is 2.31. The fraction of sp³-hybridized carbons (Fsp3) is 0.250. The third-order valence-corrected chi connectivity index (χ3v) is 4.47. The van der Waals surface area contributed by atoms with Crippen LogP contribution in [0, 0.1) is 11.6 Å². The highest BCUT2D eigenvalue weighted by atomic mass is 19.1. The van der Waals surface area contributed by atoms with Gasteiger partial charge in [0.1, 0.15) is 24.3 Å². The first kappa shape index (κ1) is 18.9. The van der Waals surface area contributed by atoms with E-state index in [1.165, 1.54) is 29.1 Å². The van der Waals surface area contributed by atoms with E-state index in [4.69, 9.17) is 9.47 Å². The lowest BCUT2D eigenvalue weighted by atomic mass is 10.2. The molecule has 0 aliphatic carbocycles. The van der Waals surface area contributed by atoms with Crippen molar-refractivity contribution in [1.82, 2.24) is 20.3 Å². The molecule has 0 saturated heterocycles. The number of fused-ring (bicyclic) bond motifs is 1. The van der Waals surface area contributed by atoms with Gasteiger partial charge in [-0.15, -0.1) is 5.10 Å². The molecule has 1 aromatic heterocycles. The quantitative estimate of drug-likeness (QED) is 0.688. The minimum Gasteiger partial charge on any atom is -0.486 e. The largest absolute Gasteiger partial charge is 0.486 e. The van der Waals surface area contributed by atoms with Gasteiger partial charge in [0, 0.05) is 18.5 Å². The molecule has 2 aromatic carbocycles. The Morgan fingerprint density at radius 1 is 1.14 bits per heavy atom. The molecule has 4 rings (SSSR count). The third kappa shape index (κ3) is 4.34. The van der Waals surface area contributed by atoms with E-state index in [-0.39, 0.29) is 23.9 Å². The Bertz CT molecular complexity index is 1000. The van der Waals surface area contributed by atoms with E-state index >= 15 is 0 Å². The van der Waals surface area contributed by atoms with Crippen LogP contribution in [0.3, 0.4) is 0 Å². The van der Waals surface area contributed by atoms with Gasteiger partial charge >= 0.3 is 0 Å². The van der Waals surface area contributed by atoms with E-state index in [0.717, 1.165) is 0 Å². The second-order valence-electron chi connectivity index (χ2n) is 6.54. The number of nitrogens with one attached hydrogen (secondary N) is 1. The van der Waals surface area contributed by atoms with Crippen molar-refractivity contribution in [3.63, 3.8) is 0 Å². The Hall–Kier alpha value is -3.49. The lowest BCUT2D eigenvalue weighted by molar-refractivity contribution is 0.0811. The van der Waals surface area contributed by atoms with Crippen LogP contribution in [-0.2, 0) is 6.54 Å². The summed E-state index contributed by atoms with van der Waals surface area (Å²) in [6.07, 6.45) is 1.72. The maximum atomic E-state index is 13.7. The van der Waals surface area contributed by atoms with Gasteiger partial charge in [-0.3, -0.25) is 4.79 Å². The summed E-state index contributed by atoms with van der Waals surface area (Å²) in [6, 6.07) is 11.0. The van der Waals surface area contributed by atoms with Crippen molar-refractivity contribution in [2.24, 2.45) is 0 Å². The molecule has 1 aliphatic heterocycles. The van der Waals surface area contributed by atoms with Gasteiger partial charge in [-0.05, 0) is 24.3 Å². The monoisotopic (exact) mass is 400 g/mol. The van der Waals surface area contributed by atoms with Crippen molar-refractivity contribution in [1.29, 1.82) is 0 Å². The second-order valence-corrected chi connectivity index (χ2v) is 6.54. The number of carbonyl (C=O) groups excluding carboxylic acids is 1. The summed E-state index contributed by atoms with van der Waals surface area (Å²) >= 11 is 0. The van der Waals surface area contributed by atoms with E-state index in [1.807, 2.05) is 24.3 Å². The van der Waals surface area contributed by atoms with Crippen LogP contribution >= 0.6 is 0 Å². The number of para-hydroxylation sites is 2. The van der Waals surface area contributed by atoms with Crippen LogP contribution in [-0.4, -0.2) is 40.2 Å². The molecule has 0 radical (unpaired) electrons. The molecule has 9 heteroatoms. The zero-order valence-electron chi connectivity index (χ0n) is 15.3. The summed E-state index contributed by atoms with van der Waals surface area (Å²) < 4.78 is 40.1. The Kier molecular flexibility index (Phi) is 5.37. The fourth-order valence-corrected chi connectivity index (χ4v) is 2.97. The number of rotatable bonds is 6. The first-order chi connectivity index (χ1) is 14.1. The predicted octanol–water partition coefficient (Wildman–Crippen LogP) is 2.56. The molecule has 1 N–H and O–H groups in total. The minimum absolute atomic E-state index is 0.0629. The summed E-state index contributed by atoms with van der Waals surface area (Å²) in [5.74, 6) is -0.401. The van der Waals surface area contributed by atoms with Crippen LogP contribution < -0.4 is 14.8 Å². The Balaban J connectivity index is 1.29. The molecular formula is C20H18F2N4O3. The average molecular weight is 400 g/mol. The molecular weight excluding hydrogens is 382 g/mol. The van der Waals surface area contributed by atoms with E-state index in [1.54, 1.807) is 0 Å². The summed E-state index contributed by atoms with van der Waals surface area (Å²) in [5, 5.41) is 10.3. The molecule has 0 saturated carbocycles. The van der Waals surface area contributed by atoms with Crippen molar-refractivity contribution in [2.75, 3.05) is 13.2 Å². The summed E-state index contributed by atoms with van der Waals surface area (Å²) in [5.41, 5.74) is -0.0769. The number of halogens is 2. The van der Waals surface area contributed by atoms with Gasteiger partial charge in [0.15, 0.2) is 17.2 Å². The van der Waals surface area contributed by atoms with E-state index < -0.39 is 17.5 Å². The Morgan fingerprint density at radius 2 is 1.90 bits per heavy atom. The summed E-state index contributed by atoms with van der Waals surface area (Å²) in [4.78, 5) is 12.2. The van der Waals surface area contributed by atoms with Gasteiger partial charge in [-0.25, -0.2) is 13.5 Å². The molecule has 3 aromatic rings. The lowest BCUT2D eigenvalue weighted by Gasteiger charge is -2.26. The van der Waals surface area contributed by atoms with Crippen LogP contribution in [0.2, 0.25) is 0 Å². The second kappa shape index (κ2) is 8.26. The van der Waals surface area contributed by atoms with Crippen molar-refractivity contribution in [3.8, 4) is 11.5 Å². The molecule has 1 aliphatic rings. The number of ether oxygens (including phenoxy) is 2. The standard InChI is InChI=1S/C20H18F2N4O3/c21-15-4-3-5-16(22)14(15)10-26-11-17(24-25-26)20(27)23-9-8-13-12-28-18-6-1-2-7-19(18)29-13/h1-7,11,13H,8-10,12H2,(H,23,27). The third-order valence-electron chi connectivity index (χ3n) is 4.47. The molecule has 2 heterocycles. The van der Waals surface area contributed by atoms with Crippen molar-refractivity contribution < 1.29 is 23.0 Å². The van der Waals surface area contributed by atoms with Gasteiger partial charge in [0.25, 0.3) is 5.91 Å². The number of hydrogen-bond acceptors (Lipinski definition) is 5. The number of amides is 1. The van der Waals surface area contributed by atoms with E-state index in [0.29, 0.717) is 31.1 Å². The van der Waals surface area contributed by atoms with Crippen LogP contribution in [0.5, 0.6) is 11.5 Å². The number of aromatic nitrogens is 3. The highest BCUT2D eigenvalue weighted by Gasteiger charge is 2.21. The molecule has 150 valence electrons. The Labute approximate surface area is 165 Å². The molecule has 1 atom stereocenters. The molecule has 1 amide bonds. The topological polar surface area (TPSA) is 78.3 Å². The fourth-order valence-electron chi connectivity index (χ4n) is 2.97. The summed E-state index contributed by atoms with van der Waals surface area (Å²) in [7, 11) is 0. The van der Waals surface area contributed by atoms with Crippen molar-refractivity contribution >= 4 is 5.91 Å². The maximum absolute atomic E-state index is 13.7. The summed E-state index contributed by atoms with van der Waals surface area (Å²) in [6.45, 7) is 0.590. The molecule has 1 unspecified atom stereocenters. The minimum atomic E-state index is -0.678. The zero-order chi connectivity index (χ0) is 20.2. The first-order valence-electron chi connectivity index (χ1n) is 9.10. The molecule has 0 spiro atoms. The van der Waals surface area contributed by atoms with Gasteiger partial charge in [0.2, 0.25) is 0 Å². The van der Waals surface area contributed by atoms with Crippen molar-refractivity contribution in [2.45, 2.75) is 19.1 Å². The smallest absolute Gasteiger partial charge is 0.273 e. The van der Waals surface area contributed by atoms with Crippen LogP contribution in [0.25, 0.3) is 0 Å². The Morgan fingerprint density at radius 3 is 2.69 bits per heavy atom. The van der Waals surface area contributed by atoms with E-state index in [2.05, 4.69) is 15.6 Å². The number of nitrogens with zero attached hydrogens (tertiary/aromatic N) is 3. The number of benzene rings is 2.